The maximum absolute atomic E-state index is 11.6. The molecule has 1 saturated carbocycles. The molecule has 1 aliphatic rings. The van der Waals surface area contributed by atoms with Crippen molar-refractivity contribution < 1.29 is 0 Å². The molecule has 0 aromatic carbocycles. The molecular weight excluding hydrogens is 228 g/mol. The van der Waals surface area contributed by atoms with E-state index in [1.54, 1.807) is 6.07 Å². The normalized spacial score (nSPS) is 14.8. The van der Waals surface area contributed by atoms with E-state index in [1.165, 1.54) is 0 Å². The fourth-order valence-corrected chi connectivity index (χ4v) is 1.99. The van der Waals surface area contributed by atoms with Crippen LogP contribution in [0.3, 0.4) is 0 Å². The molecule has 1 fully saturated rings. The number of aromatic nitrogens is 2. The number of rotatable bonds is 7. The first kappa shape index (κ1) is 13.1. The second-order valence-electron chi connectivity index (χ2n) is 5.03. The van der Waals surface area contributed by atoms with Crippen LogP contribution < -0.4 is 16.2 Å². The molecule has 0 radical (unpaired) electrons. The molecule has 5 nitrogen and oxygen atoms in total. The lowest BCUT2D eigenvalue weighted by atomic mass is 10.2. The van der Waals surface area contributed by atoms with Gasteiger partial charge in [0, 0.05) is 25.6 Å². The number of nitrogens with one attached hydrogen (secondary N) is 1. The summed E-state index contributed by atoms with van der Waals surface area (Å²) in [6, 6.07) is 1.58. The van der Waals surface area contributed by atoms with Crippen molar-refractivity contribution in [2.75, 3.05) is 25.0 Å². The summed E-state index contributed by atoms with van der Waals surface area (Å²) in [6.45, 7) is 1.67. The van der Waals surface area contributed by atoms with Crippen LogP contribution in [0.25, 0.3) is 0 Å². The molecule has 5 heteroatoms. The van der Waals surface area contributed by atoms with Gasteiger partial charge in [-0.25, -0.2) is 4.98 Å². The van der Waals surface area contributed by atoms with Gasteiger partial charge in [-0.1, -0.05) is 6.42 Å². The first-order valence-electron chi connectivity index (χ1n) is 6.73. The van der Waals surface area contributed by atoms with Crippen molar-refractivity contribution in [2.45, 2.75) is 38.0 Å². The van der Waals surface area contributed by atoms with Gasteiger partial charge < -0.3 is 15.6 Å². The Morgan fingerprint density at radius 1 is 1.44 bits per heavy atom. The van der Waals surface area contributed by atoms with Gasteiger partial charge in [0.25, 0.3) is 5.56 Å². The summed E-state index contributed by atoms with van der Waals surface area (Å²) in [5.74, 6) is 2.11. The lowest BCUT2D eigenvalue weighted by Crippen LogP contribution is -2.23. The van der Waals surface area contributed by atoms with E-state index in [0.717, 1.165) is 56.8 Å². The number of hydrogen-bond acceptors (Lipinski definition) is 4. The Morgan fingerprint density at radius 2 is 2.22 bits per heavy atom. The van der Waals surface area contributed by atoms with E-state index in [9.17, 15) is 4.79 Å². The molecule has 3 N–H and O–H groups in total. The smallest absolute Gasteiger partial charge is 0.252 e. The molecule has 0 aliphatic heterocycles. The summed E-state index contributed by atoms with van der Waals surface area (Å²) < 4.78 is 0. The van der Waals surface area contributed by atoms with Gasteiger partial charge in [0.15, 0.2) is 0 Å². The first-order chi connectivity index (χ1) is 8.70. The van der Waals surface area contributed by atoms with Crippen molar-refractivity contribution in [3.8, 4) is 0 Å². The summed E-state index contributed by atoms with van der Waals surface area (Å²) >= 11 is 0. The van der Waals surface area contributed by atoms with Crippen LogP contribution in [-0.2, 0) is 0 Å². The van der Waals surface area contributed by atoms with E-state index < -0.39 is 0 Å². The zero-order valence-electron chi connectivity index (χ0n) is 11.0. The molecule has 0 unspecified atom stereocenters. The molecule has 0 spiro atoms. The van der Waals surface area contributed by atoms with Crippen LogP contribution in [0.4, 0.5) is 5.82 Å². The third-order valence-electron chi connectivity index (χ3n) is 3.30. The summed E-state index contributed by atoms with van der Waals surface area (Å²) in [6.07, 6.45) is 5.56. The van der Waals surface area contributed by atoms with Crippen molar-refractivity contribution in [1.29, 1.82) is 0 Å². The van der Waals surface area contributed by atoms with E-state index in [4.69, 9.17) is 5.73 Å². The van der Waals surface area contributed by atoms with Crippen molar-refractivity contribution in [3.63, 3.8) is 0 Å². The number of aromatic amines is 1. The third kappa shape index (κ3) is 3.57. The maximum atomic E-state index is 11.6. The van der Waals surface area contributed by atoms with E-state index in [1.807, 2.05) is 7.05 Å². The Kier molecular flexibility index (Phi) is 4.36. The predicted octanol–water partition coefficient (Wildman–Crippen LogP) is 1.21. The summed E-state index contributed by atoms with van der Waals surface area (Å²) in [7, 11) is 1.99. The molecule has 0 amide bonds. The van der Waals surface area contributed by atoms with Crippen LogP contribution in [0.5, 0.6) is 0 Å². The predicted molar refractivity (Wildman–Crippen MR) is 73.0 cm³/mol. The number of hydrogen-bond donors (Lipinski definition) is 2. The van der Waals surface area contributed by atoms with Gasteiger partial charge in [-0.05, 0) is 32.2 Å². The van der Waals surface area contributed by atoms with Crippen LogP contribution in [0.2, 0.25) is 0 Å². The summed E-state index contributed by atoms with van der Waals surface area (Å²) in [4.78, 5) is 21.0. The van der Waals surface area contributed by atoms with Crippen LogP contribution in [0.1, 0.15) is 43.8 Å². The minimum Gasteiger partial charge on any atom is -0.359 e. The Labute approximate surface area is 107 Å². The van der Waals surface area contributed by atoms with Gasteiger partial charge in [0.05, 0.1) is 0 Å². The number of nitrogens with two attached hydrogens (primary N) is 1. The molecule has 0 atom stereocenters. The standard InChI is InChI=1S/C13H22N4O/c1-17(8-4-2-3-7-14)11-9-12(18)16-13(15-11)10-5-6-10/h9-10H,2-8,14H2,1H3,(H,15,16,18). The molecule has 0 saturated heterocycles. The van der Waals surface area contributed by atoms with Gasteiger partial charge in [-0.3, -0.25) is 4.79 Å². The van der Waals surface area contributed by atoms with Crippen LogP contribution in [0.15, 0.2) is 10.9 Å². The molecule has 1 aromatic heterocycles. The zero-order valence-corrected chi connectivity index (χ0v) is 11.0. The van der Waals surface area contributed by atoms with Gasteiger partial charge >= 0.3 is 0 Å². The fourth-order valence-electron chi connectivity index (χ4n) is 1.99. The maximum Gasteiger partial charge on any atom is 0.252 e. The highest BCUT2D eigenvalue weighted by Gasteiger charge is 2.26. The number of unbranched alkanes of at least 4 members (excludes halogenated alkanes) is 2. The van der Waals surface area contributed by atoms with E-state index >= 15 is 0 Å². The minimum atomic E-state index is -0.0456. The van der Waals surface area contributed by atoms with Gasteiger partial charge in [-0.2, -0.15) is 0 Å². The Morgan fingerprint density at radius 3 is 2.89 bits per heavy atom. The van der Waals surface area contributed by atoms with Crippen molar-refractivity contribution >= 4 is 5.82 Å². The Bertz CT molecular complexity index is 439. The molecule has 1 aliphatic carbocycles. The molecular formula is C13H22N4O. The lowest BCUT2D eigenvalue weighted by Gasteiger charge is -2.18. The lowest BCUT2D eigenvalue weighted by molar-refractivity contribution is 0.674. The minimum absolute atomic E-state index is 0.0456. The molecule has 2 rings (SSSR count). The monoisotopic (exact) mass is 250 g/mol. The van der Waals surface area contributed by atoms with Gasteiger partial charge in [-0.15, -0.1) is 0 Å². The van der Waals surface area contributed by atoms with Crippen molar-refractivity contribution in [1.82, 2.24) is 9.97 Å². The van der Waals surface area contributed by atoms with Crippen LogP contribution >= 0.6 is 0 Å². The van der Waals surface area contributed by atoms with E-state index in [-0.39, 0.29) is 5.56 Å². The molecule has 100 valence electrons. The van der Waals surface area contributed by atoms with E-state index in [0.29, 0.717) is 5.92 Å². The SMILES string of the molecule is CN(CCCCCN)c1cc(=O)[nH]c(C2CC2)n1. The summed E-state index contributed by atoms with van der Waals surface area (Å²) in [5.41, 5.74) is 5.42. The highest BCUT2D eigenvalue weighted by Crippen LogP contribution is 2.37. The Balaban J connectivity index is 1.96. The average Bonchev–Trinajstić information content (AvgIpc) is 3.18. The molecule has 1 heterocycles. The van der Waals surface area contributed by atoms with Gasteiger partial charge in [0.2, 0.25) is 0 Å². The third-order valence-corrected chi connectivity index (χ3v) is 3.30. The van der Waals surface area contributed by atoms with Crippen LogP contribution in [-0.4, -0.2) is 30.1 Å². The largest absolute Gasteiger partial charge is 0.359 e. The highest BCUT2D eigenvalue weighted by molar-refractivity contribution is 5.36. The molecule has 1 aromatic rings. The number of anilines is 1. The first-order valence-corrected chi connectivity index (χ1v) is 6.73. The number of H-pyrrole nitrogens is 1. The zero-order chi connectivity index (χ0) is 13.0. The molecule has 18 heavy (non-hydrogen) atoms. The topological polar surface area (TPSA) is 75.0 Å². The number of nitrogens with zero attached hydrogens (tertiary/aromatic N) is 2. The van der Waals surface area contributed by atoms with Crippen molar-refractivity contribution in [3.05, 3.63) is 22.2 Å². The quantitative estimate of drug-likeness (QED) is 0.713. The second-order valence-corrected chi connectivity index (χ2v) is 5.03. The van der Waals surface area contributed by atoms with Gasteiger partial charge in [0.1, 0.15) is 11.6 Å². The second kappa shape index (κ2) is 6.00. The summed E-state index contributed by atoms with van der Waals surface area (Å²) in [5, 5.41) is 0. The highest BCUT2D eigenvalue weighted by atomic mass is 16.1. The Hall–Kier alpha value is -1.36. The van der Waals surface area contributed by atoms with Crippen molar-refractivity contribution in [2.24, 2.45) is 5.73 Å². The van der Waals surface area contributed by atoms with E-state index in [2.05, 4.69) is 14.9 Å². The van der Waals surface area contributed by atoms with Crippen LogP contribution in [0, 0.1) is 0 Å². The average molecular weight is 250 g/mol. The fraction of sp³-hybridized carbons (Fsp3) is 0.692. The molecule has 0 bridgehead atoms.